The van der Waals surface area contributed by atoms with Crippen LogP contribution in [0.3, 0.4) is 0 Å². The van der Waals surface area contributed by atoms with Crippen molar-refractivity contribution in [1.82, 2.24) is 4.90 Å². The minimum absolute atomic E-state index is 0.0260. The van der Waals surface area contributed by atoms with Crippen molar-refractivity contribution >= 4 is 29.1 Å². The van der Waals surface area contributed by atoms with Crippen LogP contribution in [0.5, 0.6) is 5.75 Å². The first kappa shape index (κ1) is 19.8. The van der Waals surface area contributed by atoms with Gasteiger partial charge in [0, 0.05) is 23.7 Å². The number of benzene rings is 2. The maximum Gasteiger partial charge on any atom is 0.244 e. The van der Waals surface area contributed by atoms with Gasteiger partial charge in [0.15, 0.2) is 0 Å². The van der Waals surface area contributed by atoms with E-state index in [-0.39, 0.29) is 24.4 Å². The Labute approximate surface area is 158 Å². The zero-order valence-electron chi connectivity index (χ0n) is 15.2. The predicted octanol–water partition coefficient (Wildman–Crippen LogP) is 4.11. The first-order valence-electron chi connectivity index (χ1n) is 8.39. The summed E-state index contributed by atoms with van der Waals surface area (Å²) in [6.07, 6.45) is 0. The Morgan fingerprint density at radius 2 is 1.69 bits per heavy atom. The maximum atomic E-state index is 12.1. The zero-order chi connectivity index (χ0) is 19.1. The fraction of sp³-hybridized carbons (Fsp3) is 0.300. The summed E-state index contributed by atoms with van der Waals surface area (Å²) in [5.74, 6) is 0.343. The van der Waals surface area contributed by atoms with Gasteiger partial charge in [0.25, 0.3) is 0 Å². The number of anilines is 1. The zero-order valence-corrected chi connectivity index (χ0v) is 15.9. The lowest BCUT2D eigenvalue weighted by Crippen LogP contribution is -2.41. The molecule has 2 aromatic carbocycles. The molecule has 5 nitrogen and oxygen atoms in total. The quantitative estimate of drug-likeness (QED) is 0.793. The highest BCUT2D eigenvalue weighted by Gasteiger charge is 2.16. The number of carbonyl (C=O) groups is 2. The number of nitrogens with one attached hydrogen (secondary N) is 1. The molecule has 0 radical (unpaired) electrons. The molecule has 26 heavy (non-hydrogen) atoms. The van der Waals surface area contributed by atoms with Crippen molar-refractivity contribution in [3.8, 4) is 5.75 Å². The molecule has 0 bridgehead atoms. The molecular formula is C20H23ClN2O3. The summed E-state index contributed by atoms with van der Waals surface area (Å²) in [6, 6.07) is 14.5. The first-order chi connectivity index (χ1) is 12.3. The van der Waals surface area contributed by atoms with Gasteiger partial charge < -0.3 is 15.0 Å². The Morgan fingerprint density at radius 3 is 2.23 bits per heavy atom. The molecule has 0 aliphatic rings. The van der Waals surface area contributed by atoms with E-state index in [1.165, 1.54) is 11.8 Å². The molecule has 0 heterocycles. The lowest BCUT2D eigenvalue weighted by Gasteiger charge is -2.24. The minimum Gasteiger partial charge on any atom is -0.489 e. The van der Waals surface area contributed by atoms with Gasteiger partial charge in [-0.25, -0.2) is 0 Å². The topological polar surface area (TPSA) is 58.6 Å². The molecule has 2 rings (SSSR count). The monoisotopic (exact) mass is 374 g/mol. The molecule has 0 aliphatic heterocycles. The van der Waals surface area contributed by atoms with Crippen molar-refractivity contribution in [1.29, 1.82) is 0 Å². The highest BCUT2D eigenvalue weighted by atomic mass is 35.5. The molecule has 0 saturated carbocycles. The summed E-state index contributed by atoms with van der Waals surface area (Å²) in [5, 5.41) is 3.48. The second kappa shape index (κ2) is 9.25. The predicted molar refractivity (Wildman–Crippen MR) is 103 cm³/mol. The number of nitrogens with zero attached hydrogens (tertiary/aromatic N) is 1. The average molecular weight is 375 g/mol. The van der Waals surface area contributed by atoms with E-state index in [0.29, 0.717) is 23.1 Å². The van der Waals surface area contributed by atoms with Crippen LogP contribution >= 0.6 is 11.6 Å². The van der Waals surface area contributed by atoms with Gasteiger partial charge in [0.2, 0.25) is 11.8 Å². The molecule has 0 spiro atoms. The normalized spacial score (nSPS) is 10.5. The fourth-order valence-electron chi connectivity index (χ4n) is 2.39. The van der Waals surface area contributed by atoms with Crippen molar-refractivity contribution < 1.29 is 14.3 Å². The molecule has 138 valence electrons. The van der Waals surface area contributed by atoms with Crippen LogP contribution in [-0.4, -0.2) is 29.3 Å². The van der Waals surface area contributed by atoms with Crippen LogP contribution < -0.4 is 10.1 Å². The number of rotatable bonds is 7. The van der Waals surface area contributed by atoms with Crippen molar-refractivity contribution in [2.45, 2.75) is 33.4 Å². The van der Waals surface area contributed by atoms with E-state index >= 15 is 0 Å². The summed E-state index contributed by atoms with van der Waals surface area (Å²) in [4.78, 5) is 25.2. The number of carbonyl (C=O) groups excluding carboxylic acids is 2. The molecule has 2 amide bonds. The van der Waals surface area contributed by atoms with Gasteiger partial charge in [-0.15, -0.1) is 0 Å². The van der Waals surface area contributed by atoms with Crippen LogP contribution in [0.15, 0.2) is 48.5 Å². The average Bonchev–Trinajstić information content (AvgIpc) is 2.60. The van der Waals surface area contributed by atoms with Gasteiger partial charge in [0.05, 0.1) is 0 Å². The Kier molecular flexibility index (Phi) is 7.04. The van der Waals surface area contributed by atoms with Crippen LogP contribution in [0.2, 0.25) is 5.02 Å². The highest BCUT2D eigenvalue weighted by molar-refractivity contribution is 6.30. The largest absolute Gasteiger partial charge is 0.489 e. The van der Waals surface area contributed by atoms with E-state index in [9.17, 15) is 9.59 Å². The molecule has 6 heteroatoms. The Balaban J connectivity index is 1.87. The number of amides is 2. The van der Waals surface area contributed by atoms with Crippen LogP contribution in [-0.2, 0) is 16.2 Å². The minimum atomic E-state index is -0.233. The van der Waals surface area contributed by atoms with Crippen LogP contribution in [0.4, 0.5) is 5.69 Å². The van der Waals surface area contributed by atoms with E-state index in [4.69, 9.17) is 16.3 Å². The van der Waals surface area contributed by atoms with Crippen LogP contribution in [0.25, 0.3) is 0 Å². The molecule has 0 atom stereocenters. The van der Waals surface area contributed by atoms with Gasteiger partial charge in [-0.3, -0.25) is 9.59 Å². The SMILES string of the molecule is CC(=O)N(CC(=O)Nc1ccc(OCc2ccc(Cl)cc2)cc1)C(C)C. The van der Waals surface area contributed by atoms with E-state index in [1.807, 2.05) is 38.1 Å². The third-order valence-electron chi connectivity index (χ3n) is 3.80. The molecule has 0 fully saturated rings. The van der Waals surface area contributed by atoms with Crippen molar-refractivity contribution in [3.63, 3.8) is 0 Å². The Hall–Kier alpha value is -2.53. The third kappa shape index (κ3) is 6.08. The second-order valence-corrected chi connectivity index (χ2v) is 6.66. The number of hydrogen-bond acceptors (Lipinski definition) is 3. The summed E-state index contributed by atoms with van der Waals surface area (Å²) in [7, 11) is 0. The van der Waals surface area contributed by atoms with Crippen molar-refractivity contribution in [3.05, 3.63) is 59.1 Å². The van der Waals surface area contributed by atoms with Gasteiger partial charge in [-0.05, 0) is 55.8 Å². The highest BCUT2D eigenvalue weighted by Crippen LogP contribution is 2.18. The summed E-state index contributed by atoms with van der Waals surface area (Å²) in [5.41, 5.74) is 1.67. The molecular weight excluding hydrogens is 352 g/mol. The van der Waals surface area contributed by atoms with Crippen molar-refractivity contribution in [2.75, 3.05) is 11.9 Å². The lowest BCUT2D eigenvalue weighted by atomic mass is 10.2. The third-order valence-corrected chi connectivity index (χ3v) is 4.05. The van der Waals surface area contributed by atoms with E-state index in [2.05, 4.69) is 5.32 Å². The molecule has 1 N–H and O–H groups in total. The van der Waals surface area contributed by atoms with E-state index < -0.39 is 0 Å². The van der Waals surface area contributed by atoms with E-state index in [1.54, 1.807) is 24.3 Å². The molecule has 0 aliphatic carbocycles. The van der Waals surface area contributed by atoms with Crippen LogP contribution in [0, 0.1) is 0 Å². The molecule has 0 saturated heterocycles. The second-order valence-electron chi connectivity index (χ2n) is 6.23. The van der Waals surface area contributed by atoms with Gasteiger partial charge in [0.1, 0.15) is 18.9 Å². The van der Waals surface area contributed by atoms with Crippen molar-refractivity contribution in [2.24, 2.45) is 0 Å². The lowest BCUT2D eigenvalue weighted by molar-refractivity contribution is -0.134. The number of hydrogen-bond donors (Lipinski definition) is 1. The standard InChI is InChI=1S/C20H23ClN2O3/c1-14(2)23(15(3)24)12-20(25)22-18-8-10-19(11-9-18)26-13-16-4-6-17(21)7-5-16/h4-11,14H,12-13H2,1-3H3,(H,22,25). The van der Waals surface area contributed by atoms with Gasteiger partial charge in [-0.2, -0.15) is 0 Å². The van der Waals surface area contributed by atoms with Gasteiger partial charge in [-0.1, -0.05) is 23.7 Å². The van der Waals surface area contributed by atoms with Crippen LogP contribution in [0.1, 0.15) is 26.3 Å². The fourth-order valence-corrected chi connectivity index (χ4v) is 2.52. The Morgan fingerprint density at radius 1 is 1.08 bits per heavy atom. The van der Waals surface area contributed by atoms with E-state index in [0.717, 1.165) is 5.56 Å². The number of halogens is 1. The Bertz CT molecular complexity index is 743. The maximum absolute atomic E-state index is 12.1. The molecule has 0 unspecified atom stereocenters. The smallest absolute Gasteiger partial charge is 0.244 e. The van der Waals surface area contributed by atoms with Gasteiger partial charge >= 0.3 is 0 Å². The molecule has 0 aromatic heterocycles. The first-order valence-corrected chi connectivity index (χ1v) is 8.77. The molecule has 2 aromatic rings. The summed E-state index contributed by atoms with van der Waals surface area (Å²) in [6.45, 7) is 5.68. The summed E-state index contributed by atoms with van der Waals surface area (Å²) >= 11 is 5.86. The number of ether oxygens (including phenoxy) is 1. The summed E-state index contributed by atoms with van der Waals surface area (Å²) < 4.78 is 5.71.